The van der Waals surface area contributed by atoms with Crippen molar-refractivity contribution >= 4 is 33.2 Å². The Hall–Kier alpha value is -1.85. The van der Waals surface area contributed by atoms with Crippen LogP contribution in [-0.2, 0) is 4.79 Å². The first-order valence-electron chi connectivity index (χ1n) is 8.73. The normalized spacial score (nSPS) is 15.2. The average molecular weight is 403 g/mol. The van der Waals surface area contributed by atoms with Crippen molar-refractivity contribution in [3.8, 4) is 0 Å². The molecule has 1 amide bonds. The highest BCUT2D eigenvalue weighted by Crippen LogP contribution is 2.20. The minimum Gasteiger partial charge on any atom is -0.360 e. The van der Waals surface area contributed by atoms with Gasteiger partial charge in [0.2, 0.25) is 0 Å². The van der Waals surface area contributed by atoms with Gasteiger partial charge < -0.3 is 15.1 Å². The molecule has 0 saturated carbocycles. The van der Waals surface area contributed by atoms with Gasteiger partial charge in [0.25, 0.3) is 5.91 Å². The lowest BCUT2D eigenvalue weighted by Crippen LogP contribution is -3.15. The van der Waals surface area contributed by atoms with Crippen LogP contribution < -0.4 is 15.1 Å². The van der Waals surface area contributed by atoms with E-state index in [1.165, 1.54) is 16.2 Å². The number of aryl methyl sites for hydroxylation is 2. The summed E-state index contributed by atoms with van der Waals surface area (Å²) in [5.41, 5.74) is 4.64. The highest BCUT2D eigenvalue weighted by molar-refractivity contribution is 9.10. The van der Waals surface area contributed by atoms with Crippen LogP contribution in [0.4, 0.5) is 11.4 Å². The van der Waals surface area contributed by atoms with Crippen LogP contribution in [0.15, 0.2) is 46.9 Å². The fourth-order valence-corrected chi connectivity index (χ4v) is 3.64. The van der Waals surface area contributed by atoms with Gasteiger partial charge in [-0.1, -0.05) is 40.2 Å². The SMILES string of the molecule is Cc1ccc(NC(=O)C[NH+]2CCN(c3ccccc3C)CC2)cc1Br. The molecular formula is C20H25BrN3O+. The lowest BCUT2D eigenvalue weighted by atomic mass is 10.1. The second-order valence-corrected chi connectivity index (χ2v) is 7.57. The topological polar surface area (TPSA) is 36.8 Å². The molecule has 0 radical (unpaired) electrons. The Morgan fingerprint density at radius 2 is 1.84 bits per heavy atom. The van der Waals surface area contributed by atoms with Gasteiger partial charge in [-0.15, -0.1) is 0 Å². The van der Waals surface area contributed by atoms with Gasteiger partial charge in [0.1, 0.15) is 0 Å². The molecular weight excluding hydrogens is 378 g/mol. The van der Waals surface area contributed by atoms with E-state index in [-0.39, 0.29) is 5.91 Å². The number of carbonyl (C=O) groups excluding carboxylic acids is 1. The lowest BCUT2D eigenvalue weighted by Gasteiger charge is -2.34. The van der Waals surface area contributed by atoms with Crippen molar-refractivity contribution in [3.63, 3.8) is 0 Å². The van der Waals surface area contributed by atoms with Gasteiger partial charge in [-0.3, -0.25) is 4.79 Å². The van der Waals surface area contributed by atoms with E-state index in [0.717, 1.165) is 41.9 Å². The predicted molar refractivity (Wildman–Crippen MR) is 106 cm³/mol. The van der Waals surface area contributed by atoms with Gasteiger partial charge in [0.05, 0.1) is 26.2 Å². The summed E-state index contributed by atoms with van der Waals surface area (Å²) in [6, 6.07) is 14.4. The summed E-state index contributed by atoms with van der Waals surface area (Å²) < 4.78 is 1.02. The number of hydrogen-bond donors (Lipinski definition) is 2. The summed E-state index contributed by atoms with van der Waals surface area (Å²) in [6.07, 6.45) is 0. The molecule has 1 saturated heterocycles. The van der Waals surface area contributed by atoms with Gasteiger partial charge in [0.15, 0.2) is 6.54 Å². The summed E-state index contributed by atoms with van der Waals surface area (Å²) in [6.45, 7) is 8.66. The van der Waals surface area contributed by atoms with Crippen LogP contribution in [0.25, 0.3) is 0 Å². The molecule has 0 atom stereocenters. The number of rotatable bonds is 4. The number of piperazine rings is 1. The molecule has 2 aromatic carbocycles. The van der Waals surface area contributed by atoms with Crippen molar-refractivity contribution in [1.29, 1.82) is 0 Å². The molecule has 4 nitrogen and oxygen atoms in total. The second kappa shape index (κ2) is 8.02. The summed E-state index contributed by atoms with van der Waals surface area (Å²) >= 11 is 3.51. The number of amides is 1. The van der Waals surface area contributed by atoms with E-state index >= 15 is 0 Å². The monoisotopic (exact) mass is 402 g/mol. The zero-order valence-electron chi connectivity index (χ0n) is 14.8. The zero-order chi connectivity index (χ0) is 17.8. The molecule has 0 aliphatic carbocycles. The smallest absolute Gasteiger partial charge is 0.279 e. The largest absolute Gasteiger partial charge is 0.360 e. The molecule has 25 heavy (non-hydrogen) atoms. The van der Waals surface area contributed by atoms with Crippen molar-refractivity contribution in [2.24, 2.45) is 0 Å². The van der Waals surface area contributed by atoms with Gasteiger partial charge in [-0.05, 0) is 43.2 Å². The minimum atomic E-state index is 0.0788. The molecule has 0 aromatic heterocycles. The molecule has 0 spiro atoms. The van der Waals surface area contributed by atoms with Crippen LogP contribution in [-0.4, -0.2) is 38.6 Å². The maximum absolute atomic E-state index is 12.3. The highest BCUT2D eigenvalue weighted by Gasteiger charge is 2.23. The van der Waals surface area contributed by atoms with Crippen LogP contribution in [0, 0.1) is 13.8 Å². The van der Waals surface area contributed by atoms with E-state index in [4.69, 9.17) is 0 Å². The van der Waals surface area contributed by atoms with E-state index in [2.05, 4.69) is 57.3 Å². The molecule has 1 aliphatic rings. The van der Waals surface area contributed by atoms with Crippen molar-refractivity contribution in [2.45, 2.75) is 13.8 Å². The molecule has 2 aromatic rings. The fraction of sp³-hybridized carbons (Fsp3) is 0.350. The van der Waals surface area contributed by atoms with Crippen LogP contribution >= 0.6 is 15.9 Å². The third-order valence-corrected chi connectivity index (χ3v) is 5.65. The standard InChI is InChI=1S/C20H24BrN3O/c1-15-7-8-17(13-18(15)21)22-20(25)14-23-9-11-24(12-10-23)19-6-4-3-5-16(19)2/h3-8,13H,9-12,14H2,1-2H3,(H,22,25)/p+1. The Balaban J connectivity index is 1.51. The number of nitrogens with zero attached hydrogens (tertiary/aromatic N) is 1. The van der Waals surface area contributed by atoms with Gasteiger partial charge >= 0.3 is 0 Å². The molecule has 1 aliphatic heterocycles. The third kappa shape index (κ3) is 4.61. The number of halogens is 1. The first-order valence-corrected chi connectivity index (χ1v) is 9.52. The maximum atomic E-state index is 12.3. The molecule has 132 valence electrons. The maximum Gasteiger partial charge on any atom is 0.279 e. The minimum absolute atomic E-state index is 0.0788. The number of quaternary nitrogens is 1. The van der Waals surface area contributed by atoms with Crippen LogP contribution in [0.2, 0.25) is 0 Å². The van der Waals surface area contributed by atoms with Crippen molar-refractivity contribution in [3.05, 3.63) is 58.1 Å². The quantitative estimate of drug-likeness (QED) is 0.823. The Bertz CT molecular complexity index is 754. The first kappa shape index (κ1) is 18.0. The van der Waals surface area contributed by atoms with Crippen LogP contribution in [0.1, 0.15) is 11.1 Å². The van der Waals surface area contributed by atoms with E-state index in [1.54, 1.807) is 0 Å². The molecule has 0 bridgehead atoms. The molecule has 3 rings (SSSR count). The van der Waals surface area contributed by atoms with Crippen molar-refractivity contribution < 1.29 is 9.69 Å². The van der Waals surface area contributed by atoms with Gasteiger partial charge in [-0.2, -0.15) is 0 Å². The number of para-hydroxylation sites is 1. The second-order valence-electron chi connectivity index (χ2n) is 6.71. The first-order chi connectivity index (χ1) is 12.0. The van der Waals surface area contributed by atoms with Crippen molar-refractivity contribution in [1.82, 2.24) is 0 Å². The number of carbonyl (C=O) groups is 1. The number of hydrogen-bond acceptors (Lipinski definition) is 2. The fourth-order valence-electron chi connectivity index (χ4n) is 3.26. The van der Waals surface area contributed by atoms with E-state index < -0.39 is 0 Å². The average Bonchev–Trinajstić information content (AvgIpc) is 2.59. The zero-order valence-corrected chi connectivity index (χ0v) is 16.4. The summed E-state index contributed by atoms with van der Waals surface area (Å²) in [7, 11) is 0. The Morgan fingerprint density at radius 1 is 1.12 bits per heavy atom. The summed E-state index contributed by atoms with van der Waals surface area (Å²) in [5, 5.41) is 3.01. The predicted octanol–water partition coefficient (Wildman–Crippen LogP) is 2.41. The van der Waals surface area contributed by atoms with E-state index in [0.29, 0.717) is 6.54 Å². The Labute approximate surface area is 158 Å². The number of nitrogens with one attached hydrogen (secondary N) is 2. The number of benzene rings is 2. The molecule has 2 N–H and O–H groups in total. The summed E-state index contributed by atoms with van der Waals surface area (Å²) in [4.78, 5) is 16.1. The van der Waals surface area contributed by atoms with Gasteiger partial charge in [-0.25, -0.2) is 0 Å². The van der Waals surface area contributed by atoms with E-state index in [9.17, 15) is 4.79 Å². The van der Waals surface area contributed by atoms with E-state index in [1.807, 2.05) is 25.1 Å². The molecule has 1 heterocycles. The Kier molecular flexibility index (Phi) is 5.76. The highest BCUT2D eigenvalue weighted by atomic mass is 79.9. The van der Waals surface area contributed by atoms with Gasteiger partial charge in [0, 0.05) is 15.8 Å². The number of anilines is 2. The third-order valence-electron chi connectivity index (χ3n) is 4.79. The van der Waals surface area contributed by atoms with Crippen LogP contribution in [0.3, 0.4) is 0 Å². The molecule has 0 unspecified atom stereocenters. The van der Waals surface area contributed by atoms with Crippen LogP contribution in [0.5, 0.6) is 0 Å². The van der Waals surface area contributed by atoms with Crippen molar-refractivity contribution in [2.75, 3.05) is 42.9 Å². The molecule has 1 fully saturated rings. The molecule has 5 heteroatoms. The lowest BCUT2D eigenvalue weighted by molar-refractivity contribution is -0.892. The Morgan fingerprint density at radius 3 is 2.52 bits per heavy atom. The summed E-state index contributed by atoms with van der Waals surface area (Å²) in [5.74, 6) is 0.0788.